The third kappa shape index (κ3) is 2.33. The van der Waals surface area contributed by atoms with Crippen molar-refractivity contribution in [2.24, 2.45) is 0 Å². The summed E-state index contributed by atoms with van der Waals surface area (Å²) in [6.45, 7) is 1.18. The molecule has 1 unspecified atom stereocenters. The summed E-state index contributed by atoms with van der Waals surface area (Å²) in [6, 6.07) is 0. The molecule has 0 aromatic heterocycles. The van der Waals surface area contributed by atoms with Crippen LogP contribution in [0.5, 0.6) is 0 Å². The van der Waals surface area contributed by atoms with Gasteiger partial charge in [-0.25, -0.2) is 4.39 Å². The molecule has 0 heterocycles. The van der Waals surface area contributed by atoms with Crippen molar-refractivity contribution in [1.29, 1.82) is 0 Å². The lowest BCUT2D eigenvalue weighted by atomic mass is 10.5. The van der Waals surface area contributed by atoms with Crippen molar-refractivity contribution in [3.8, 4) is 0 Å². The standard InChI is InChI=1S/C3H4BrFO/c1-2(5)3(4)6/h2H,1H3. The number of rotatable bonds is 1. The zero-order valence-electron chi connectivity index (χ0n) is 3.24. The first-order valence-corrected chi connectivity index (χ1v) is 2.27. The summed E-state index contributed by atoms with van der Waals surface area (Å²) in [5, 5.41) is 0. The van der Waals surface area contributed by atoms with Gasteiger partial charge >= 0.3 is 0 Å². The molecule has 0 aliphatic carbocycles. The Hall–Kier alpha value is 0.0800. The second-order valence-electron chi connectivity index (χ2n) is 0.920. The molecule has 0 aromatic carbocycles. The first-order valence-electron chi connectivity index (χ1n) is 1.48. The van der Waals surface area contributed by atoms with Gasteiger partial charge in [0.25, 0.3) is 0 Å². The highest BCUT2D eigenvalue weighted by Crippen LogP contribution is 1.94. The molecule has 6 heavy (non-hydrogen) atoms. The SMILES string of the molecule is CC(F)C(=O)Br. The van der Waals surface area contributed by atoms with Crippen LogP contribution >= 0.6 is 15.9 Å². The third-order valence-electron chi connectivity index (χ3n) is 0.313. The van der Waals surface area contributed by atoms with Gasteiger partial charge in [-0.2, -0.15) is 0 Å². The number of carbonyl (C=O) groups is 1. The van der Waals surface area contributed by atoms with E-state index < -0.39 is 10.9 Å². The Bertz CT molecular complexity index is 61.8. The predicted octanol–water partition coefficient (Wildman–Crippen LogP) is 1.27. The van der Waals surface area contributed by atoms with Gasteiger partial charge in [-0.15, -0.1) is 0 Å². The number of alkyl halides is 1. The molecule has 0 spiro atoms. The Morgan fingerprint density at radius 2 is 2.17 bits per heavy atom. The van der Waals surface area contributed by atoms with Gasteiger partial charge in [0.2, 0.25) is 4.69 Å². The van der Waals surface area contributed by atoms with Crippen molar-refractivity contribution in [2.75, 3.05) is 0 Å². The number of carbonyl (C=O) groups excluding carboxylic acids is 1. The summed E-state index contributed by atoms with van der Waals surface area (Å²) in [6.07, 6.45) is -1.37. The molecule has 3 heteroatoms. The Kier molecular flexibility index (Phi) is 2.32. The van der Waals surface area contributed by atoms with Gasteiger partial charge in [0.1, 0.15) is 0 Å². The lowest BCUT2D eigenvalue weighted by Crippen LogP contribution is -2.00. The van der Waals surface area contributed by atoms with Gasteiger partial charge in [-0.05, 0) is 22.9 Å². The molecule has 0 bridgehead atoms. The summed E-state index contributed by atoms with van der Waals surface area (Å²) < 4.78 is 10.8. The second-order valence-corrected chi connectivity index (χ2v) is 1.70. The number of hydrogen-bond donors (Lipinski definition) is 0. The van der Waals surface area contributed by atoms with E-state index in [0.717, 1.165) is 0 Å². The van der Waals surface area contributed by atoms with E-state index in [0.29, 0.717) is 0 Å². The fraction of sp³-hybridized carbons (Fsp3) is 0.667. The van der Waals surface area contributed by atoms with E-state index in [-0.39, 0.29) is 0 Å². The number of halogens is 2. The predicted molar refractivity (Wildman–Crippen MR) is 24.5 cm³/mol. The summed E-state index contributed by atoms with van der Waals surface area (Å²) >= 11 is 2.42. The van der Waals surface area contributed by atoms with E-state index in [1.807, 2.05) is 0 Å². The molecular weight excluding hydrogens is 151 g/mol. The largest absolute Gasteiger partial charge is 0.283 e. The maximum atomic E-state index is 11.4. The highest BCUT2D eigenvalue weighted by atomic mass is 79.9. The minimum Gasteiger partial charge on any atom is -0.283 e. The lowest BCUT2D eigenvalue weighted by Gasteiger charge is -1.84. The molecule has 0 amide bonds. The van der Waals surface area contributed by atoms with Gasteiger partial charge < -0.3 is 0 Å². The van der Waals surface area contributed by atoms with Gasteiger partial charge in [-0.3, -0.25) is 4.79 Å². The van der Waals surface area contributed by atoms with Gasteiger partial charge in [0, 0.05) is 0 Å². The highest BCUT2D eigenvalue weighted by molar-refractivity contribution is 9.18. The Balaban J connectivity index is 3.26. The van der Waals surface area contributed by atoms with Crippen LogP contribution in [-0.4, -0.2) is 10.9 Å². The fourth-order valence-corrected chi connectivity index (χ4v) is 0. The van der Waals surface area contributed by atoms with Crippen LogP contribution in [-0.2, 0) is 4.79 Å². The Morgan fingerprint density at radius 1 is 2.00 bits per heavy atom. The van der Waals surface area contributed by atoms with Crippen molar-refractivity contribution in [1.82, 2.24) is 0 Å². The minimum absolute atomic E-state index is 0.595. The van der Waals surface area contributed by atoms with Crippen LogP contribution in [0.25, 0.3) is 0 Å². The van der Waals surface area contributed by atoms with Gasteiger partial charge in [-0.1, -0.05) is 0 Å². The van der Waals surface area contributed by atoms with E-state index in [1.165, 1.54) is 6.92 Å². The van der Waals surface area contributed by atoms with Crippen LogP contribution in [0.4, 0.5) is 4.39 Å². The van der Waals surface area contributed by atoms with E-state index in [9.17, 15) is 9.18 Å². The third-order valence-corrected chi connectivity index (χ3v) is 0.944. The maximum Gasteiger partial charge on any atom is 0.231 e. The monoisotopic (exact) mass is 154 g/mol. The first kappa shape index (κ1) is 6.08. The fourth-order valence-electron chi connectivity index (χ4n) is 0. The summed E-state index contributed by atoms with van der Waals surface area (Å²) in [5.41, 5.74) is 0. The van der Waals surface area contributed by atoms with Crippen LogP contribution < -0.4 is 0 Å². The molecule has 36 valence electrons. The lowest BCUT2D eigenvalue weighted by molar-refractivity contribution is -0.114. The van der Waals surface area contributed by atoms with E-state index in [4.69, 9.17) is 0 Å². The molecule has 0 saturated heterocycles. The number of hydrogen-bond acceptors (Lipinski definition) is 1. The highest BCUT2D eigenvalue weighted by Gasteiger charge is 2.02. The zero-order valence-corrected chi connectivity index (χ0v) is 4.83. The van der Waals surface area contributed by atoms with Crippen LogP contribution in [0, 0.1) is 0 Å². The van der Waals surface area contributed by atoms with Gasteiger partial charge in [0.05, 0.1) is 0 Å². The molecule has 0 aliphatic rings. The molecule has 0 radical (unpaired) electrons. The zero-order chi connectivity index (χ0) is 5.15. The minimum atomic E-state index is -1.37. The second kappa shape index (κ2) is 2.29. The van der Waals surface area contributed by atoms with Crippen molar-refractivity contribution in [3.63, 3.8) is 0 Å². The van der Waals surface area contributed by atoms with E-state index in [2.05, 4.69) is 15.9 Å². The van der Waals surface area contributed by atoms with Crippen molar-refractivity contribution in [2.45, 2.75) is 13.1 Å². The summed E-state index contributed by atoms with van der Waals surface area (Å²) in [4.78, 5) is 9.69. The molecule has 1 nitrogen and oxygen atoms in total. The van der Waals surface area contributed by atoms with Crippen LogP contribution in [0.15, 0.2) is 0 Å². The summed E-state index contributed by atoms with van der Waals surface area (Å²) in [7, 11) is 0. The van der Waals surface area contributed by atoms with Crippen LogP contribution in [0.1, 0.15) is 6.92 Å². The first-order chi connectivity index (χ1) is 2.64. The van der Waals surface area contributed by atoms with Crippen molar-refractivity contribution < 1.29 is 9.18 Å². The van der Waals surface area contributed by atoms with Crippen LogP contribution in [0.2, 0.25) is 0 Å². The van der Waals surface area contributed by atoms with Crippen LogP contribution in [0.3, 0.4) is 0 Å². The smallest absolute Gasteiger partial charge is 0.231 e. The maximum absolute atomic E-state index is 11.4. The normalized spacial score (nSPS) is 13.8. The molecular formula is C3H4BrFO. The molecule has 0 aromatic rings. The van der Waals surface area contributed by atoms with E-state index >= 15 is 0 Å². The molecule has 0 aliphatic heterocycles. The molecule has 0 N–H and O–H groups in total. The van der Waals surface area contributed by atoms with Crippen molar-refractivity contribution in [3.05, 3.63) is 0 Å². The molecule has 0 fully saturated rings. The molecule has 1 atom stereocenters. The van der Waals surface area contributed by atoms with E-state index in [1.54, 1.807) is 0 Å². The summed E-state index contributed by atoms with van der Waals surface area (Å²) in [5.74, 6) is 0. The van der Waals surface area contributed by atoms with Gasteiger partial charge in [0.15, 0.2) is 6.17 Å². The molecule has 0 rings (SSSR count). The average Bonchev–Trinajstić information content (AvgIpc) is 1.36. The Morgan fingerprint density at radius 3 is 2.17 bits per heavy atom. The van der Waals surface area contributed by atoms with Crippen molar-refractivity contribution >= 4 is 20.6 Å². The average molecular weight is 155 g/mol. The quantitative estimate of drug-likeness (QED) is 0.521. The Labute approximate surface area is 43.7 Å². The molecule has 0 saturated carbocycles. The topological polar surface area (TPSA) is 17.1 Å².